The predicted molar refractivity (Wildman–Crippen MR) is 97.4 cm³/mol. The lowest BCUT2D eigenvalue weighted by molar-refractivity contribution is 0.184. The normalized spacial score (nSPS) is 19.2. The molecule has 2 N–H and O–H groups in total. The van der Waals surface area contributed by atoms with Gasteiger partial charge in [0, 0.05) is 37.1 Å². The van der Waals surface area contributed by atoms with Gasteiger partial charge in [0.25, 0.3) is 0 Å². The van der Waals surface area contributed by atoms with E-state index in [2.05, 4.69) is 9.88 Å². The van der Waals surface area contributed by atoms with Gasteiger partial charge >= 0.3 is 0 Å². The predicted octanol–water partition coefficient (Wildman–Crippen LogP) is 3.66. The second kappa shape index (κ2) is 6.89. The number of fused-ring (bicyclic) bond motifs is 1. The number of nitrogen functional groups attached to an aromatic ring is 1. The van der Waals surface area contributed by atoms with E-state index >= 15 is 0 Å². The van der Waals surface area contributed by atoms with Crippen LogP contribution in [0.3, 0.4) is 0 Å². The lowest BCUT2D eigenvalue weighted by atomic mass is 9.88. The van der Waals surface area contributed by atoms with Crippen LogP contribution in [-0.4, -0.2) is 28.0 Å². The van der Waals surface area contributed by atoms with Crippen LogP contribution in [0.1, 0.15) is 43.4 Å². The number of rotatable bonds is 3. The van der Waals surface area contributed by atoms with E-state index in [1.165, 1.54) is 49.9 Å². The zero-order chi connectivity index (χ0) is 16.4. The third-order valence-corrected chi connectivity index (χ3v) is 5.43. The minimum Gasteiger partial charge on any atom is -0.399 e. The molecule has 1 aromatic heterocycles. The van der Waals surface area contributed by atoms with Crippen LogP contribution in [-0.2, 0) is 13.0 Å². The highest BCUT2D eigenvalue weighted by atomic mass is 15.1. The molecule has 0 saturated heterocycles. The van der Waals surface area contributed by atoms with E-state index in [0.717, 1.165) is 42.5 Å². The number of anilines is 1. The van der Waals surface area contributed by atoms with Gasteiger partial charge in [-0.3, -0.25) is 4.90 Å². The molecule has 1 aliphatic heterocycles. The van der Waals surface area contributed by atoms with Gasteiger partial charge in [-0.2, -0.15) is 0 Å². The van der Waals surface area contributed by atoms with E-state index in [1.54, 1.807) is 0 Å². The molecule has 0 atom stereocenters. The SMILES string of the molecule is Nc1ccc(-c2ncc3c(n2)CN(CC2CCCCC2)CC3)cc1. The fourth-order valence-electron chi connectivity index (χ4n) is 4.02. The molecule has 0 spiro atoms. The highest BCUT2D eigenvalue weighted by Gasteiger charge is 2.22. The van der Waals surface area contributed by atoms with Crippen molar-refractivity contribution in [2.45, 2.75) is 45.1 Å². The summed E-state index contributed by atoms with van der Waals surface area (Å²) < 4.78 is 0. The van der Waals surface area contributed by atoms with E-state index in [1.807, 2.05) is 30.5 Å². The van der Waals surface area contributed by atoms with E-state index in [4.69, 9.17) is 10.7 Å². The summed E-state index contributed by atoms with van der Waals surface area (Å²) in [4.78, 5) is 12.0. The van der Waals surface area contributed by atoms with Crippen molar-refractivity contribution < 1.29 is 0 Å². The summed E-state index contributed by atoms with van der Waals surface area (Å²) in [6.45, 7) is 3.35. The first-order valence-corrected chi connectivity index (χ1v) is 9.21. The largest absolute Gasteiger partial charge is 0.399 e. The van der Waals surface area contributed by atoms with E-state index in [-0.39, 0.29) is 0 Å². The van der Waals surface area contributed by atoms with E-state index in [0.29, 0.717) is 0 Å². The zero-order valence-electron chi connectivity index (χ0n) is 14.2. The second-order valence-electron chi connectivity index (χ2n) is 7.28. The Morgan fingerprint density at radius 2 is 1.88 bits per heavy atom. The first kappa shape index (κ1) is 15.6. The second-order valence-corrected chi connectivity index (χ2v) is 7.28. The van der Waals surface area contributed by atoms with Crippen molar-refractivity contribution in [3.63, 3.8) is 0 Å². The molecule has 4 rings (SSSR count). The molecule has 0 bridgehead atoms. The monoisotopic (exact) mass is 322 g/mol. The van der Waals surface area contributed by atoms with E-state index in [9.17, 15) is 0 Å². The van der Waals surface area contributed by atoms with Gasteiger partial charge in [-0.05, 0) is 55.0 Å². The highest BCUT2D eigenvalue weighted by Crippen LogP contribution is 2.27. The number of aromatic nitrogens is 2. The minimum atomic E-state index is 0.773. The molecule has 126 valence electrons. The molecule has 1 saturated carbocycles. The topological polar surface area (TPSA) is 55.0 Å². The van der Waals surface area contributed by atoms with Crippen LogP contribution >= 0.6 is 0 Å². The summed E-state index contributed by atoms with van der Waals surface area (Å²) in [6.07, 6.45) is 10.2. The van der Waals surface area contributed by atoms with Crippen molar-refractivity contribution >= 4 is 5.69 Å². The smallest absolute Gasteiger partial charge is 0.159 e. The van der Waals surface area contributed by atoms with Gasteiger partial charge in [0.2, 0.25) is 0 Å². The van der Waals surface area contributed by atoms with Crippen LogP contribution in [0.25, 0.3) is 11.4 Å². The average molecular weight is 322 g/mol. The molecular weight excluding hydrogens is 296 g/mol. The molecule has 2 aromatic rings. The summed E-state index contributed by atoms with van der Waals surface area (Å²) in [5.41, 5.74) is 10.1. The van der Waals surface area contributed by atoms with Gasteiger partial charge in [-0.1, -0.05) is 19.3 Å². The fourth-order valence-corrected chi connectivity index (χ4v) is 4.02. The Morgan fingerprint density at radius 1 is 1.08 bits per heavy atom. The number of hydrogen-bond acceptors (Lipinski definition) is 4. The maximum atomic E-state index is 5.78. The molecule has 4 heteroatoms. The van der Waals surface area contributed by atoms with Crippen LogP contribution in [0.4, 0.5) is 5.69 Å². The van der Waals surface area contributed by atoms with Gasteiger partial charge in [-0.25, -0.2) is 9.97 Å². The van der Waals surface area contributed by atoms with Gasteiger partial charge < -0.3 is 5.73 Å². The van der Waals surface area contributed by atoms with Crippen molar-refractivity contribution in [3.05, 3.63) is 41.7 Å². The Balaban J connectivity index is 1.49. The van der Waals surface area contributed by atoms with Crippen LogP contribution in [0.5, 0.6) is 0 Å². The number of nitrogens with zero attached hydrogens (tertiary/aromatic N) is 3. The van der Waals surface area contributed by atoms with Gasteiger partial charge in [0.1, 0.15) is 0 Å². The number of nitrogens with two attached hydrogens (primary N) is 1. The summed E-state index contributed by atoms with van der Waals surface area (Å²) in [5.74, 6) is 1.70. The summed E-state index contributed by atoms with van der Waals surface area (Å²) in [7, 11) is 0. The van der Waals surface area contributed by atoms with Crippen molar-refractivity contribution in [3.8, 4) is 11.4 Å². The Bertz CT molecular complexity index is 689. The Kier molecular flexibility index (Phi) is 4.48. The van der Waals surface area contributed by atoms with Crippen molar-refractivity contribution in [2.75, 3.05) is 18.8 Å². The molecular formula is C20H26N4. The molecule has 1 fully saturated rings. The molecule has 0 amide bonds. The lowest BCUT2D eigenvalue weighted by Crippen LogP contribution is -2.35. The first-order chi connectivity index (χ1) is 11.8. The van der Waals surface area contributed by atoms with Crippen LogP contribution in [0, 0.1) is 5.92 Å². The van der Waals surface area contributed by atoms with Crippen LogP contribution in [0.2, 0.25) is 0 Å². The standard InChI is InChI=1S/C20H26N4/c21-18-8-6-16(7-9-18)20-22-12-17-10-11-24(14-19(17)23-20)13-15-4-2-1-3-5-15/h6-9,12,15H,1-5,10-11,13-14,21H2. The summed E-state index contributed by atoms with van der Waals surface area (Å²) in [5, 5.41) is 0. The third kappa shape index (κ3) is 3.44. The van der Waals surface area contributed by atoms with E-state index < -0.39 is 0 Å². The molecule has 2 aliphatic rings. The average Bonchev–Trinajstić information content (AvgIpc) is 2.63. The quantitative estimate of drug-likeness (QED) is 0.876. The van der Waals surface area contributed by atoms with Gasteiger partial charge in [-0.15, -0.1) is 0 Å². The lowest BCUT2D eigenvalue weighted by Gasteiger charge is -2.32. The number of benzene rings is 1. The summed E-state index contributed by atoms with van der Waals surface area (Å²) in [6, 6.07) is 7.82. The maximum Gasteiger partial charge on any atom is 0.159 e. The molecule has 24 heavy (non-hydrogen) atoms. The molecule has 1 aliphatic carbocycles. The Morgan fingerprint density at radius 3 is 2.67 bits per heavy atom. The zero-order valence-corrected chi connectivity index (χ0v) is 14.2. The van der Waals surface area contributed by atoms with Crippen LogP contribution in [0.15, 0.2) is 30.5 Å². The fraction of sp³-hybridized carbons (Fsp3) is 0.500. The Labute approximate surface area is 144 Å². The van der Waals surface area contributed by atoms with Crippen molar-refractivity contribution in [1.29, 1.82) is 0 Å². The molecule has 4 nitrogen and oxygen atoms in total. The van der Waals surface area contributed by atoms with Crippen LogP contribution < -0.4 is 5.73 Å². The molecule has 2 heterocycles. The molecule has 1 aromatic carbocycles. The first-order valence-electron chi connectivity index (χ1n) is 9.21. The van der Waals surface area contributed by atoms with Gasteiger partial charge in [0.15, 0.2) is 5.82 Å². The maximum absolute atomic E-state index is 5.78. The van der Waals surface area contributed by atoms with Crippen molar-refractivity contribution in [2.24, 2.45) is 5.92 Å². The highest BCUT2D eigenvalue weighted by molar-refractivity contribution is 5.58. The van der Waals surface area contributed by atoms with Crippen molar-refractivity contribution in [1.82, 2.24) is 14.9 Å². The molecule has 0 unspecified atom stereocenters. The third-order valence-electron chi connectivity index (χ3n) is 5.43. The minimum absolute atomic E-state index is 0.773. The molecule has 0 radical (unpaired) electrons. The van der Waals surface area contributed by atoms with Gasteiger partial charge in [0.05, 0.1) is 5.69 Å². The number of hydrogen-bond donors (Lipinski definition) is 1. The Hall–Kier alpha value is -1.94. The summed E-state index contributed by atoms with van der Waals surface area (Å²) >= 11 is 0.